The van der Waals surface area contributed by atoms with E-state index in [4.69, 9.17) is 10.5 Å². The SMILES string of the molecule is Cc1csc2c(Oc3cccc(N)c3)ncnc12. The summed E-state index contributed by atoms with van der Waals surface area (Å²) in [5, 5.41) is 2.05. The highest BCUT2D eigenvalue weighted by Crippen LogP contribution is 2.32. The van der Waals surface area contributed by atoms with Gasteiger partial charge in [-0.3, -0.25) is 0 Å². The molecule has 0 saturated carbocycles. The predicted octanol–water partition coefficient (Wildman–Crippen LogP) is 3.37. The molecule has 0 amide bonds. The van der Waals surface area contributed by atoms with E-state index in [1.54, 1.807) is 17.4 Å². The molecule has 2 N–H and O–H groups in total. The Kier molecular flexibility index (Phi) is 2.60. The molecule has 90 valence electrons. The molecule has 18 heavy (non-hydrogen) atoms. The van der Waals surface area contributed by atoms with E-state index in [-0.39, 0.29) is 0 Å². The number of aromatic nitrogens is 2. The summed E-state index contributed by atoms with van der Waals surface area (Å²) >= 11 is 1.58. The Morgan fingerprint density at radius 2 is 2.17 bits per heavy atom. The van der Waals surface area contributed by atoms with Gasteiger partial charge in [-0.25, -0.2) is 9.97 Å². The lowest BCUT2D eigenvalue weighted by Gasteiger charge is -2.05. The number of anilines is 1. The van der Waals surface area contributed by atoms with Crippen molar-refractivity contribution >= 4 is 27.2 Å². The summed E-state index contributed by atoms with van der Waals surface area (Å²) in [6, 6.07) is 7.29. The molecule has 0 radical (unpaired) electrons. The van der Waals surface area contributed by atoms with Crippen molar-refractivity contribution in [1.29, 1.82) is 0 Å². The third-order valence-electron chi connectivity index (χ3n) is 2.57. The summed E-state index contributed by atoms with van der Waals surface area (Å²) in [6.45, 7) is 2.02. The number of rotatable bonds is 2. The summed E-state index contributed by atoms with van der Waals surface area (Å²) in [7, 11) is 0. The average molecular weight is 257 g/mol. The number of nitrogen functional groups attached to an aromatic ring is 1. The van der Waals surface area contributed by atoms with Crippen molar-refractivity contribution in [3.05, 3.63) is 41.5 Å². The number of nitrogens with two attached hydrogens (primary N) is 1. The quantitative estimate of drug-likeness (QED) is 0.715. The molecule has 2 aromatic heterocycles. The van der Waals surface area contributed by atoms with Crippen molar-refractivity contribution in [3.8, 4) is 11.6 Å². The first-order chi connectivity index (χ1) is 8.74. The zero-order chi connectivity index (χ0) is 12.5. The first-order valence-electron chi connectivity index (χ1n) is 5.46. The Hall–Kier alpha value is -2.14. The van der Waals surface area contributed by atoms with E-state index < -0.39 is 0 Å². The number of aryl methyl sites for hydroxylation is 1. The van der Waals surface area contributed by atoms with Gasteiger partial charge >= 0.3 is 0 Å². The molecule has 0 atom stereocenters. The molecule has 0 aliphatic carbocycles. The van der Waals surface area contributed by atoms with Crippen molar-refractivity contribution < 1.29 is 4.74 Å². The summed E-state index contributed by atoms with van der Waals surface area (Å²) in [6.07, 6.45) is 1.52. The van der Waals surface area contributed by atoms with E-state index in [1.807, 2.05) is 30.5 Å². The molecule has 2 heterocycles. The maximum Gasteiger partial charge on any atom is 0.240 e. The Labute approximate surface area is 108 Å². The fourth-order valence-corrected chi connectivity index (χ4v) is 2.64. The molecule has 0 fully saturated rings. The van der Waals surface area contributed by atoms with Gasteiger partial charge in [0, 0.05) is 11.8 Å². The highest BCUT2D eigenvalue weighted by Gasteiger charge is 2.09. The summed E-state index contributed by atoms with van der Waals surface area (Å²) in [5.74, 6) is 1.25. The van der Waals surface area contributed by atoms with E-state index in [0.29, 0.717) is 17.3 Å². The van der Waals surface area contributed by atoms with Gasteiger partial charge in [0.2, 0.25) is 5.88 Å². The van der Waals surface area contributed by atoms with Crippen LogP contribution < -0.4 is 10.5 Å². The van der Waals surface area contributed by atoms with Gasteiger partial charge in [-0.15, -0.1) is 11.3 Å². The molecule has 0 aliphatic heterocycles. The molecule has 0 aliphatic rings. The predicted molar refractivity (Wildman–Crippen MR) is 73.1 cm³/mol. The standard InChI is InChI=1S/C13H11N3OS/c1-8-6-18-12-11(8)15-7-16-13(12)17-10-4-2-3-9(14)5-10/h2-7H,14H2,1H3. The number of hydrogen-bond donors (Lipinski definition) is 1. The number of thiophene rings is 1. The number of benzene rings is 1. The second kappa shape index (κ2) is 4.27. The maximum atomic E-state index is 5.77. The fourth-order valence-electron chi connectivity index (χ4n) is 1.71. The van der Waals surface area contributed by atoms with Crippen LogP contribution in [0.1, 0.15) is 5.56 Å². The molecular weight excluding hydrogens is 246 g/mol. The lowest BCUT2D eigenvalue weighted by molar-refractivity contribution is 0.469. The van der Waals surface area contributed by atoms with Gasteiger partial charge in [0.25, 0.3) is 0 Å². The molecule has 3 rings (SSSR count). The smallest absolute Gasteiger partial charge is 0.240 e. The normalized spacial score (nSPS) is 10.7. The van der Waals surface area contributed by atoms with Crippen molar-refractivity contribution in [2.24, 2.45) is 0 Å². The molecule has 0 saturated heterocycles. The van der Waals surface area contributed by atoms with Crippen LogP contribution in [0.25, 0.3) is 10.2 Å². The van der Waals surface area contributed by atoms with E-state index >= 15 is 0 Å². The van der Waals surface area contributed by atoms with Gasteiger partial charge in [-0.05, 0) is 30.0 Å². The third-order valence-corrected chi connectivity index (χ3v) is 3.65. The second-order valence-corrected chi connectivity index (χ2v) is 4.83. The van der Waals surface area contributed by atoms with Crippen molar-refractivity contribution in [2.45, 2.75) is 6.92 Å². The Balaban J connectivity index is 2.05. The van der Waals surface area contributed by atoms with Gasteiger partial charge in [0.05, 0.1) is 5.52 Å². The minimum Gasteiger partial charge on any atom is -0.437 e. The molecule has 0 bridgehead atoms. The van der Waals surface area contributed by atoms with Crippen LogP contribution in [-0.4, -0.2) is 9.97 Å². The van der Waals surface area contributed by atoms with Crippen LogP contribution in [0.5, 0.6) is 11.6 Å². The van der Waals surface area contributed by atoms with Gasteiger partial charge < -0.3 is 10.5 Å². The van der Waals surface area contributed by atoms with E-state index in [9.17, 15) is 0 Å². The van der Waals surface area contributed by atoms with Gasteiger partial charge in [0.1, 0.15) is 16.8 Å². The van der Waals surface area contributed by atoms with Crippen LogP contribution in [-0.2, 0) is 0 Å². The third kappa shape index (κ3) is 1.89. The van der Waals surface area contributed by atoms with E-state index in [2.05, 4.69) is 9.97 Å². The van der Waals surface area contributed by atoms with Crippen LogP contribution in [0.15, 0.2) is 36.0 Å². The first kappa shape index (κ1) is 11.0. The zero-order valence-corrected chi connectivity index (χ0v) is 10.6. The summed E-state index contributed by atoms with van der Waals surface area (Å²) in [5.41, 5.74) is 8.46. The minimum atomic E-state index is 0.573. The summed E-state index contributed by atoms with van der Waals surface area (Å²) < 4.78 is 6.72. The van der Waals surface area contributed by atoms with E-state index in [0.717, 1.165) is 15.8 Å². The van der Waals surface area contributed by atoms with Crippen molar-refractivity contribution in [3.63, 3.8) is 0 Å². The Bertz CT molecular complexity index is 708. The lowest BCUT2D eigenvalue weighted by atomic mass is 10.3. The van der Waals surface area contributed by atoms with Gasteiger partial charge in [-0.1, -0.05) is 6.07 Å². The topological polar surface area (TPSA) is 61.0 Å². The zero-order valence-electron chi connectivity index (χ0n) is 9.75. The fraction of sp³-hybridized carbons (Fsp3) is 0.0769. The lowest BCUT2D eigenvalue weighted by Crippen LogP contribution is -1.91. The Morgan fingerprint density at radius 3 is 3.00 bits per heavy atom. The number of fused-ring (bicyclic) bond motifs is 1. The molecule has 5 heteroatoms. The minimum absolute atomic E-state index is 0.573. The molecule has 1 aromatic carbocycles. The van der Waals surface area contributed by atoms with Crippen molar-refractivity contribution in [1.82, 2.24) is 9.97 Å². The van der Waals surface area contributed by atoms with Crippen LogP contribution >= 0.6 is 11.3 Å². The number of hydrogen-bond acceptors (Lipinski definition) is 5. The molecule has 0 spiro atoms. The number of nitrogens with zero attached hydrogens (tertiary/aromatic N) is 2. The Morgan fingerprint density at radius 1 is 1.28 bits per heavy atom. The van der Waals surface area contributed by atoms with E-state index in [1.165, 1.54) is 6.33 Å². The molecular formula is C13H11N3OS. The van der Waals surface area contributed by atoms with Gasteiger partial charge in [0.15, 0.2) is 0 Å². The highest BCUT2D eigenvalue weighted by molar-refractivity contribution is 7.17. The molecule has 4 nitrogen and oxygen atoms in total. The second-order valence-electron chi connectivity index (χ2n) is 3.95. The van der Waals surface area contributed by atoms with Crippen molar-refractivity contribution in [2.75, 3.05) is 5.73 Å². The van der Waals surface area contributed by atoms with Crippen LogP contribution in [0, 0.1) is 6.92 Å². The van der Waals surface area contributed by atoms with Crippen LogP contribution in [0.3, 0.4) is 0 Å². The first-order valence-corrected chi connectivity index (χ1v) is 6.34. The number of ether oxygens (including phenoxy) is 1. The summed E-state index contributed by atoms with van der Waals surface area (Å²) in [4.78, 5) is 8.44. The van der Waals surface area contributed by atoms with Crippen LogP contribution in [0.2, 0.25) is 0 Å². The maximum absolute atomic E-state index is 5.77. The van der Waals surface area contributed by atoms with Gasteiger partial charge in [-0.2, -0.15) is 0 Å². The molecule has 0 unspecified atom stereocenters. The largest absolute Gasteiger partial charge is 0.437 e. The molecule has 3 aromatic rings. The monoisotopic (exact) mass is 257 g/mol. The highest BCUT2D eigenvalue weighted by atomic mass is 32.1. The van der Waals surface area contributed by atoms with Crippen LogP contribution in [0.4, 0.5) is 5.69 Å². The average Bonchev–Trinajstić information content (AvgIpc) is 2.73.